The van der Waals surface area contributed by atoms with Gasteiger partial charge >= 0.3 is 0 Å². The molecule has 1 aliphatic rings. The van der Waals surface area contributed by atoms with Crippen LogP contribution in [-0.4, -0.2) is 24.0 Å². The summed E-state index contributed by atoms with van der Waals surface area (Å²) in [6, 6.07) is 31.3. The molecule has 0 aliphatic carbocycles. The van der Waals surface area contributed by atoms with Crippen molar-refractivity contribution in [3.63, 3.8) is 0 Å². The molecule has 4 aromatic rings. The number of hydrazine groups is 1. The number of hydrogen-bond donors (Lipinski definition) is 0. The first-order valence-corrected chi connectivity index (χ1v) is 11.5. The minimum Gasteiger partial charge on any atom is -0.457 e. The van der Waals surface area contributed by atoms with Gasteiger partial charge in [-0.05, 0) is 43.2 Å². The second kappa shape index (κ2) is 9.68. The number of anilines is 1. The fourth-order valence-electron chi connectivity index (χ4n) is 4.50. The topological polar surface area (TPSA) is 56.6 Å². The van der Waals surface area contributed by atoms with Crippen molar-refractivity contribution in [3.05, 3.63) is 102 Å². The van der Waals surface area contributed by atoms with Gasteiger partial charge in [0.15, 0.2) is 0 Å². The van der Waals surface area contributed by atoms with E-state index in [2.05, 4.69) is 11.1 Å². The summed E-state index contributed by atoms with van der Waals surface area (Å²) in [5, 5.41) is 15.4. The first-order chi connectivity index (χ1) is 16.7. The lowest BCUT2D eigenvalue weighted by Crippen LogP contribution is -2.51. The van der Waals surface area contributed by atoms with Crippen LogP contribution in [0, 0.1) is 11.3 Å². The number of benzene rings is 4. The Bertz CT molecular complexity index is 1360. The molecule has 5 heteroatoms. The van der Waals surface area contributed by atoms with Crippen molar-refractivity contribution in [1.82, 2.24) is 5.01 Å². The van der Waals surface area contributed by atoms with Crippen molar-refractivity contribution < 1.29 is 9.53 Å². The molecule has 0 atom stereocenters. The highest BCUT2D eigenvalue weighted by molar-refractivity contribution is 5.98. The van der Waals surface area contributed by atoms with Gasteiger partial charge in [-0.2, -0.15) is 5.26 Å². The van der Waals surface area contributed by atoms with Crippen LogP contribution in [0.3, 0.4) is 0 Å². The quantitative estimate of drug-likeness (QED) is 0.371. The number of amides is 1. The van der Waals surface area contributed by atoms with E-state index in [1.54, 1.807) is 0 Å². The Morgan fingerprint density at radius 3 is 2.35 bits per heavy atom. The van der Waals surface area contributed by atoms with Gasteiger partial charge in [-0.25, -0.2) is 0 Å². The number of carbonyl (C=O) groups excluding carboxylic acids is 1. The minimum absolute atomic E-state index is 0.0252. The van der Waals surface area contributed by atoms with E-state index in [0.717, 1.165) is 47.2 Å². The summed E-state index contributed by atoms with van der Waals surface area (Å²) in [5.74, 6) is 1.46. The summed E-state index contributed by atoms with van der Waals surface area (Å²) >= 11 is 0. The standard InChI is InChI=1S/C29H25N3O2/c30-21-23-16-17-27(26-14-6-5-13-25(23)26)31-18-8-9-19-32(31)29(33)20-22-10-4-7-15-28(22)34-24-11-2-1-3-12-24/h1-7,10-17H,8-9,18-20H2. The highest BCUT2D eigenvalue weighted by atomic mass is 16.5. The summed E-state index contributed by atoms with van der Waals surface area (Å²) in [4.78, 5) is 13.6. The van der Waals surface area contributed by atoms with Gasteiger partial charge in [-0.1, -0.05) is 60.7 Å². The van der Waals surface area contributed by atoms with Gasteiger partial charge in [0.05, 0.1) is 23.7 Å². The number of nitriles is 1. The Kier molecular flexibility index (Phi) is 6.13. The van der Waals surface area contributed by atoms with E-state index < -0.39 is 0 Å². The third-order valence-corrected chi connectivity index (χ3v) is 6.15. The lowest BCUT2D eigenvalue weighted by atomic mass is 10.0. The van der Waals surface area contributed by atoms with Gasteiger partial charge in [0, 0.05) is 29.4 Å². The normalized spacial score (nSPS) is 13.5. The average Bonchev–Trinajstić information content (AvgIpc) is 2.90. The SMILES string of the molecule is N#Cc1ccc(N2CCCCN2C(=O)Cc2ccccc2Oc2ccccc2)c2ccccc12. The minimum atomic E-state index is 0.0252. The molecule has 168 valence electrons. The second-order valence-corrected chi connectivity index (χ2v) is 8.34. The van der Waals surface area contributed by atoms with E-state index in [1.165, 1.54) is 0 Å². The monoisotopic (exact) mass is 447 g/mol. The molecule has 5 nitrogen and oxygen atoms in total. The molecule has 5 rings (SSSR count). The maximum atomic E-state index is 13.6. The predicted octanol–water partition coefficient (Wildman–Crippen LogP) is 6.09. The molecule has 0 spiro atoms. The van der Waals surface area contributed by atoms with Crippen LogP contribution in [-0.2, 0) is 11.2 Å². The van der Waals surface area contributed by atoms with Crippen LogP contribution in [0.25, 0.3) is 10.8 Å². The Hall–Kier alpha value is -4.30. The molecule has 0 unspecified atom stereocenters. The fourth-order valence-corrected chi connectivity index (χ4v) is 4.50. The number of hydrogen-bond acceptors (Lipinski definition) is 4. The number of ether oxygens (including phenoxy) is 1. The molecule has 1 amide bonds. The van der Waals surface area contributed by atoms with Crippen LogP contribution in [0.15, 0.2) is 91.0 Å². The van der Waals surface area contributed by atoms with Crippen LogP contribution >= 0.6 is 0 Å². The second-order valence-electron chi connectivity index (χ2n) is 8.34. The summed E-state index contributed by atoms with van der Waals surface area (Å²) in [5.41, 5.74) is 2.45. The smallest absolute Gasteiger partial charge is 0.245 e. The van der Waals surface area contributed by atoms with E-state index in [-0.39, 0.29) is 12.3 Å². The molecule has 4 aromatic carbocycles. The third-order valence-electron chi connectivity index (χ3n) is 6.15. The average molecular weight is 448 g/mol. The van der Waals surface area contributed by atoms with Crippen molar-refractivity contribution in [3.8, 4) is 17.6 Å². The summed E-state index contributed by atoms with van der Waals surface area (Å²) in [6.45, 7) is 1.42. The number of para-hydroxylation sites is 2. The Balaban J connectivity index is 1.44. The van der Waals surface area contributed by atoms with E-state index in [9.17, 15) is 10.1 Å². The largest absolute Gasteiger partial charge is 0.457 e. The lowest BCUT2D eigenvalue weighted by Gasteiger charge is -2.41. The van der Waals surface area contributed by atoms with Crippen LogP contribution in [0.4, 0.5) is 5.69 Å². The Morgan fingerprint density at radius 2 is 1.53 bits per heavy atom. The number of nitrogens with zero attached hydrogens (tertiary/aromatic N) is 3. The van der Waals surface area contributed by atoms with Crippen molar-refractivity contribution in [2.24, 2.45) is 0 Å². The fraction of sp³-hybridized carbons (Fsp3) is 0.172. The first kappa shape index (κ1) is 21.5. The molecule has 1 aliphatic heterocycles. The Labute approximate surface area is 199 Å². The number of carbonyl (C=O) groups is 1. The first-order valence-electron chi connectivity index (χ1n) is 11.5. The van der Waals surface area contributed by atoms with Crippen LogP contribution in [0.1, 0.15) is 24.0 Å². The molecule has 1 heterocycles. The highest BCUT2D eigenvalue weighted by Gasteiger charge is 2.27. The van der Waals surface area contributed by atoms with Gasteiger partial charge in [0.25, 0.3) is 0 Å². The van der Waals surface area contributed by atoms with Gasteiger partial charge in [0.2, 0.25) is 5.91 Å². The zero-order chi connectivity index (χ0) is 23.3. The van der Waals surface area contributed by atoms with E-state index in [4.69, 9.17) is 4.74 Å². The van der Waals surface area contributed by atoms with Gasteiger partial charge in [0.1, 0.15) is 11.5 Å². The van der Waals surface area contributed by atoms with Gasteiger partial charge in [-0.3, -0.25) is 14.8 Å². The molecule has 0 saturated carbocycles. The summed E-state index contributed by atoms with van der Waals surface area (Å²) in [7, 11) is 0. The van der Waals surface area contributed by atoms with Gasteiger partial charge in [-0.15, -0.1) is 0 Å². The van der Waals surface area contributed by atoms with Crippen LogP contribution in [0.2, 0.25) is 0 Å². The zero-order valence-corrected chi connectivity index (χ0v) is 18.9. The van der Waals surface area contributed by atoms with Crippen molar-refractivity contribution >= 4 is 22.4 Å². The number of fused-ring (bicyclic) bond motifs is 1. The zero-order valence-electron chi connectivity index (χ0n) is 18.9. The summed E-state index contributed by atoms with van der Waals surface area (Å²) in [6.07, 6.45) is 2.21. The molecular formula is C29H25N3O2. The van der Waals surface area contributed by atoms with Crippen molar-refractivity contribution in [1.29, 1.82) is 5.26 Å². The highest BCUT2D eigenvalue weighted by Crippen LogP contribution is 2.33. The molecule has 1 saturated heterocycles. The third kappa shape index (κ3) is 4.31. The maximum Gasteiger partial charge on any atom is 0.245 e. The van der Waals surface area contributed by atoms with Crippen molar-refractivity contribution in [2.75, 3.05) is 18.1 Å². The van der Waals surface area contributed by atoms with E-state index in [0.29, 0.717) is 17.9 Å². The Morgan fingerprint density at radius 1 is 0.824 bits per heavy atom. The summed E-state index contributed by atoms with van der Waals surface area (Å²) < 4.78 is 6.08. The number of rotatable bonds is 5. The molecule has 0 aromatic heterocycles. The molecule has 1 fully saturated rings. The molecule has 34 heavy (non-hydrogen) atoms. The lowest BCUT2D eigenvalue weighted by molar-refractivity contribution is -0.132. The van der Waals surface area contributed by atoms with E-state index in [1.807, 2.05) is 96.0 Å². The maximum absolute atomic E-state index is 13.6. The van der Waals surface area contributed by atoms with Crippen LogP contribution < -0.4 is 9.75 Å². The van der Waals surface area contributed by atoms with Gasteiger partial charge < -0.3 is 4.74 Å². The molecule has 0 bridgehead atoms. The molecular weight excluding hydrogens is 422 g/mol. The van der Waals surface area contributed by atoms with Crippen LogP contribution in [0.5, 0.6) is 11.5 Å². The molecule has 0 radical (unpaired) electrons. The van der Waals surface area contributed by atoms with E-state index >= 15 is 0 Å². The predicted molar refractivity (Wildman–Crippen MR) is 134 cm³/mol. The van der Waals surface area contributed by atoms with Crippen molar-refractivity contribution in [2.45, 2.75) is 19.3 Å². The molecule has 0 N–H and O–H groups in total.